The van der Waals surface area contributed by atoms with Crippen molar-refractivity contribution < 1.29 is 14.2 Å². The van der Waals surface area contributed by atoms with Gasteiger partial charge in [-0.15, -0.1) is 5.73 Å². The molecule has 4 aromatic rings. The molecular weight excluding hydrogens is 420 g/mol. The highest BCUT2D eigenvalue weighted by Crippen LogP contribution is 2.43. The van der Waals surface area contributed by atoms with E-state index in [1.54, 1.807) is 0 Å². The van der Waals surface area contributed by atoms with E-state index in [1.165, 1.54) is 0 Å². The lowest BCUT2D eigenvalue weighted by atomic mass is 9.91. The maximum Gasteiger partial charge on any atom is 0.135 e. The van der Waals surface area contributed by atoms with Gasteiger partial charge in [-0.3, -0.25) is 0 Å². The fourth-order valence-electron chi connectivity index (χ4n) is 4.13. The number of hydrogen-bond acceptors (Lipinski definition) is 3. The molecule has 0 unspecified atom stereocenters. The minimum absolute atomic E-state index is 0.637. The molecule has 3 heteroatoms. The molecule has 4 aromatic carbocycles. The summed E-state index contributed by atoms with van der Waals surface area (Å²) >= 11 is 0. The maximum absolute atomic E-state index is 6.18. The Balaban J connectivity index is 1.76. The normalized spacial score (nSPS) is 11.5. The molecule has 168 valence electrons. The Morgan fingerprint density at radius 3 is 1.50 bits per heavy atom. The molecule has 0 spiro atoms. The quantitative estimate of drug-likeness (QED) is 0.250. The van der Waals surface area contributed by atoms with Crippen LogP contribution in [0.3, 0.4) is 0 Å². The Kier molecular flexibility index (Phi) is 6.20. The average Bonchev–Trinajstić information content (AvgIpc) is 2.88. The van der Waals surface area contributed by atoms with Gasteiger partial charge in [0, 0.05) is 22.3 Å². The zero-order valence-corrected chi connectivity index (χ0v) is 19.4. The zero-order chi connectivity index (χ0) is 23.3. The fraction of sp³-hybridized carbons (Fsp3) is 0.129. The molecule has 0 N–H and O–H groups in total. The molecule has 0 radical (unpaired) electrons. The molecule has 1 heterocycles. The van der Waals surface area contributed by atoms with Gasteiger partial charge in [-0.25, -0.2) is 0 Å². The predicted molar refractivity (Wildman–Crippen MR) is 137 cm³/mol. The highest BCUT2D eigenvalue weighted by Gasteiger charge is 2.21. The standard InChI is InChI=1S/C31H26O3/c1-3-32-24-17-13-22(14-18-24)28(23-15-19-25(20-16-23)33-4-2)21-29-26-9-5-7-11-30(26)34-31-12-8-6-10-27(29)31/h5-20H,3-4H2,1-2H3. The zero-order valence-electron chi connectivity index (χ0n) is 19.4. The smallest absolute Gasteiger partial charge is 0.135 e. The van der Waals surface area contributed by atoms with E-state index in [0.717, 1.165) is 56.4 Å². The summed E-state index contributed by atoms with van der Waals surface area (Å²) in [6, 6.07) is 32.6. The van der Waals surface area contributed by atoms with Crippen molar-refractivity contribution in [3.8, 4) is 23.0 Å². The van der Waals surface area contributed by atoms with Crippen LogP contribution in [0.4, 0.5) is 0 Å². The maximum atomic E-state index is 6.18. The summed E-state index contributed by atoms with van der Waals surface area (Å²) in [5.41, 5.74) is 9.94. The van der Waals surface area contributed by atoms with Crippen molar-refractivity contribution in [1.29, 1.82) is 0 Å². The second kappa shape index (κ2) is 9.74. The van der Waals surface area contributed by atoms with Crippen LogP contribution in [0.1, 0.15) is 36.1 Å². The van der Waals surface area contributed by atoms with Crippen LogP contribution in [-0.4, -0.2) is 13.2 Å². The van der Waals surface area contributed by atoms with Gasteiger partial charge in [-0.05, 0) is 73.5 Å². The lowest BCUT2D eigenvalue weighted by Gasteiger charge is -2.21. The lowest BCUT2D eigenvalue weighted by molar-refractivity contribution is 0.340. The van der Waals surface area contributed by atoms with Gasteiger partial charge >= 0.3 is 0 Å². The minimum Gasteiger partial charge on any atom is -0.494 e. The first-order chi connectivity index (χ1) is 16.8. The van der Waals surface area contributed by atoms with Crippen molar-refractivity contribution in [2.24, 2.45) is 0 Å². The summed E-state index contributed by atoms with van der Waals surface area (Å²) in [7, 11) is 0. The van der Waals surface area contributed by atoms with E-state index in [0.29, 0.717) is 13.2 Å². The molecule has 0 atom stereocenters. The van der Waals surface area contributed by atoms with Crippen molar-refractivity contribution in [2.75, 3.05) is 13.2 Å². The first-order valence-corrected chi connectivity index (χ1v) is 11.6. The molecule has 34 heavy (non-hydrogen) atoms. The summed E-state index contributed by atoms with van der Waals surface area (Å²) < 4.78 is 17.5. The number of benzene rings is 4. The van der Waals surface area contributed by atoms with Crippen LogP contribution < -0.4 is 14.2 Å². The summed E-state index contributed by atoms with van der Waals surface area (Å²) in [6.45, 7) is 5.25. The van der Waals surface area contributed by atoms with Gasteiger partial charge in [0.1, 0.15) is 23.0 Å². The second-order valence-electron chi connectivity index (χ2n) is 7.88. The van der Waals surface area contributed by atoms with Crippen LogP contribution in [0.2, 0.25) is 0 Å². The van der Waals surface area contributed by atoms with Crippen molar-refractivity contribution >= 4 is 11.1 Å². The van der Waals surface area contributed by atoms with Gasteiger partial charge in [0.2, 0.25) is 0 Å². The molecule has 0 saturated carbocycles. The fourth-order valence-corrected chi connectivity index (χ4v) is 4.13. The Hall–Kier alpha value is -4.20. The Labute approximate surface area is 200 Å². The number of fused-ring (bicyclic) bond motifs is 2. The van der Waals surface area contributed by atoms with Gasteiger partial charge < -0.3 is 14.2 Å². The van der Waals surface area contributed by atoms with Crippen molar-refractivity contribution in [3.63, 3.8) is 0 Å². The van der Waals surface area contributed by atoms with Crippen molar-refractivity contribution in [3.05, 3.63) is 125 Å². The topological polar surface area (TPSA) is 27.7 Å². The molecule has 1 aliphatic rings. The molecule has 3 nitrogen and oxygen atoms in total. The SMILES string of the molecule is CCOc1ccc(C(=C=C2c3ccccc3Oc3ccccc32)c2ccc(OCC)cc2)cc1. The molecule has 0 aliphatic carbocycles. The third kappa shape index (κ3) is 4.34. The molecule has 0 aromatic heterocycles. The monoisotopic (exact) mass is 446 g/mol. The molecule has 1 aliphatic heterocycles. The van der Waals surface area contributed by atoms with Gasteiger partial charge in [0.25, 0.3) is 0 Å². The van der Waals surface area contributed by atoms with E-state index in [9.17, 15) is 0 Å². The predicted octanol–water partition coefficient (Wildman–Crippen LogP) is 7.75. The lowest BCUT2D eigenvalue weighted by Crippen LogP contribution is -2.01. The average molecular weight is 447 g/mol. The van der Waals surface area contributed by atoms with Gasteiger partial charge in [-0.1, -0.05) is 48.5 Å². The Morgan fingerprint density at radius 2 is 1.06 bits per heavy atom. The number of para-hydroxylation sites is 2. The van der Waals surface area contributed by atoms with Crippen molar-refractivity contribution in [1.82, 2.24) is 0 Å². The van der Waals surface area contributed by atoms with Crippen LogP contribution in [0.5, 0.6) is 23.0 Å². The third-order valence-corrected chi connectivity index (χ3v) is 5.69. The van der Waals surface area contributed by atoms with Gasteiger partial charge in [0.15, 0.2) is 0 Å². The van der Waals surface area contributed by atoms with E-state index < -0.39 is 0 Å². The first-order valence-electron chi connectivity index (χ1n) is 11.6. The van der Waals surface area contributed by atoms with Crippen LogP contribution in [-0.2, 0) is 0 Å². The second-order valence-corrected chi connectivity index (χ2v) is 7.88. The summed E-state index contributed by atoms with van der Waals surface area (Å²) in [6.07, 6.45) is 0. The number of hydrogen-bond donors (Lipinski definition) is 0. The van der Waals surface area contributed by atoms with E-state index >= 15 is 0 Å². The highest BCUT2D eigenvalue weighted by molar-refractivity contribution is 5.93. The minimum atomic E-state index is 0.637. The molecular formula is C31H26O3. The summed E-state index contributed by atoms with van der Waals surface area (Å²) in [5, 5.41) is 0. The molecule has 0 bridgehead atoms. The van der Waals surface area contributed by atoms with Crippen LogP contribution in [0, 0.1) is 0 Å². The van der Waals surface area contributed by atoms with Gasteiger partial charge in [-0.2, -0.15) is 0 Å². The van der Waals surface area contributed by atoms with E-state index in [2.05, 4.69) is 42.1 Å². The highest BCUT2D eigenvalue weighted by atomic mass is 16.5. The Bertz CT molecular complexity index is 1260. The molecule has 0 amide bonds. The van der Waals surface area contributed by atoms with E-state index in [4.69, 9.17) is 14.2 Å². The van der Waals surface area contributed by atoms with E-state index in [1.807, 2.05) is 74.5 Å². The van der Waals surface area contributed by atoms with Crippen LogP contribution >= 0.6 is 0 Å². The van der Waals surface area contributed by atoms with Crippen molar-refractivity contribution in [2.45, 2.75) is 13.8 Å². The number of rotatable bonds is 6. The largest absolute Gasteiger partial charge is 0.494 e. The van der Waals surface area contributed by atoms with Crippen LogP contribution in [0.15, 0.2) is 103 Å². The first kappa shape index (κ1) is 21.6. The molecule has 5 rings (SSSR count). The van der Waals surface area contributed by atoms with E-state index in [-0.39, 0.29) is 0 Å². The van der Waals surface area contributed by atoms with Crippen LogP contribution in [0.25, 0.3) is 11.1 Å². The molecule has 0 fully saturated rings. The summed E-state index contributed by atoms with van der Waals surface area (Å²) in [4.78, 5) is 0. The summed E-state index contributed by atoms with van der Waals surface area (Å²) in [5.74, 6) is 3.38. The Morgan fingerprint density at radius 1 is 0.618 bits per heavy atom. The van der Waals surface area contributed by atoms with Gasteiger partial charge in [0.05, 0.1) is 13.2 Å². The third-order valence-electron chi connectivity index (χ3n) is 5.69. The number of ether oxygens (including phenoxy) is 3. The molecule has 0 saturated heterocycles.